The number of ether oxygens (including phenoxy) is 3. The molecule has 1 heterocycles. The number of nitrogens with one attached hydrogen (secondary N) is 1. The van der Waals surface area contributed by atoms with Gasteiger partial charge in [-0.2, -0.15) is 13.2 Å². The minimum Gasteiger partial charge on any atom is -0.449 e. The number of fused-ring (bicyclic) bond motifs is 1. The van der Waals surface area contributed by atoms with Crippen molar-refractivity contribution in [2.45, 2.75) is 39.1 Å². The van der Waals surface area contributed by atoms with E-state index in [0.717, 1.165) is 11.6 Å². The highest BCUT2D eigenvalue weighted by Gasteiger charge is 2.40. The van der Waals surface area contributed by atoms with Crippen LogP contribution in [-0.4, -0.2) is 18.1 Å². The van der Waals surface area contributed by atoms with Crippen LogP contribution in [0.2, 0.25) is 0 Å². The summed E-state index contributed by atoms with van der Waals surface area (Å²) in [5.41, 5.74) is -0.775. The molecule has 0 spiro atoms. The zero-order valence-corrected chi connectivity index (χ0v) is 22.1. The molecule has 4 rings (SSSR count). The maximum atomic E-state index is 13.8. The van der Waals surface area contributed by atoms with Gasteiger partial charge in [0.15, 0.2) is 0 Å². The molecule has 0 saturated carbocycles. The molecule has 2 atom stereocenters. The van der Waals surface area contributed by atoms with Crippen LogP contribution in [0.25, 0.3) is 11.0 Å². The van der Waals surface area contributed by atoms with Crippen molar-refractivity contribution in [2.75, 3.05) is 0 Å². The first-order valence-electron chi connectivity index (χ1n) is 12.7. The molecular weight excluding hydrogens is 543 g/mol. The smallest absolute Gasteiger partial charge is 0.449 e. The van der Waals surface area contributed by atoms with E-state index in [1.807, 2.05) is 6.07 Å². The van der Waals surface area contributed by atoms with E-state index in [2.05, 4.69) is 5.32 Å². The molecule has 11 heteroatoms. The van der Waals surface area contributed by atoms with E-state index in [1.54, 1.807) is 44.2 Å². The van der Waals surface area contributed by atoms with Crippen molar-refractivity contribution < 1.29 is 41.4 Å². The van der Waals surface area contributed by atoms with Crippen molar-refractivity contribution in [1.29, 1.82) is 0 Å². The number of hydrogen-bond donors (Lipinski definition) is 1. The first-order chi connectivity index (χ1) is 19.6. The number of halogens is 3. The van der Waals surface area contributed by atoms with E-state index in [-0.39, 0.29) is 29.4 Å². The maximum Gasteiger partial charge on any atom is 0.453 e. The third-order valence-electron chi connectivity index (χ3n) is 6.21. The fourth-order valence-corrected chi connectivity index (χ4v) is 3.85. The van der Waals surface area contributed by atoms with Crippen LogP contribution in [0.15, 0.2) is 88.1 Å². The Balaban J connectivity index is 1.57. The number of esters is 1. The van der Waals surface area contributed by atoms with Crippen LogP contribution in [0.3, 0.4) is 0 Å². The summed E-state index contributed by atoms with van der Waals surface area (Å²) in [6.07, 6.45) is -5.42. The lowest BCUT2D eigenvalue weighted by Crippen LogP contribution is -2.47. The molecule has 214 valence electrons. The molecule has 0 aliphatic heterocycles. The summed E-state index contributed by atoms with van der Waals surface area (Å²) in [4.78, 5) is 38.4. The van der Waals surface area contributed by atoms with E-state index in [9.17, 15) is 27.6 Å². The Hall–Kier alpha value is -4.80. The first-order valence-corrected chi connectivity index (χ1v) is 12.7. The predicted octanol–water partition coefficient (Wildman–Crippen LogP) is 6.85. The molecule has 0 aliphatic rings. The normalized spacial score (nSPS) is 12.8. The summed E-state index contributed by atoms with van der Waals surface area (Å²) in [6, 6.07) is 18.7. The molecule has 0 bridgehead atoms. The van der Waals surface area contributed by atoms with Gasteiger partial charge in [-0.05, 0) is 35.7 Å². The number of amides is 1. The average molecular weight is 570 g/mol. The van der Waals surface area contributed by atoms with Crippen LogP contribution >= 0.6 is 0 Å². The first kappa shape index (κ1) is 29.2. The van der Waals surface area contributed by atoms with Crippen LogP contribution in [0.5, 0.6) is 17.2 Å². The molecule has 8 nitrogen and oxygen atoms in total. The number of carbonyl (C=O) groups is 2. The molecule has 4 aromatic rings. The van der Waals surface area contributed by atoms with Crippen molar-refractivity contribution in [3.05, 3.63) is 100 Å². The van der Waals surface area contributed by atoms with Crippen molar-refractivity contribution >= 4 is 23.0 Å². The number of carbonyl (C=O) groups excluding carboxylic acids is 2. The quantitative estimate of drug-likeness (QED) is 0.174. The second kappa shape index (κ2) is 12.6. The van der Waals surface area contributed by atoms with E-state index in [4.69, 9.17) is 18.6 Å². The SMILES string of the molecule is CC[C@@H](C)[C@H](NC(=O)OCc1ccccc1)C(=O)Oc1ccc2c(=O)c(Oc3ccccc3)c(C(F)(F)F)oc2c1. The minimum absolute atomic E-state index is 0.0149. The van der Waals surface area contributed by atoms with Crippen LogP contribution in [-0.2, 0) is 22.3 Å². The van der Waals surface area contributed by atoms with Gasteiger partial charge < -0.3 is 23.9 Å². The average Bonchev–Trinajstić information content (AvgIpc) is 2.96. The van der Waals surface area contributed by atoms with Crippen LogP contribution in [0, 0.1) is 5.92 Å². The van der Waals surface area contributed by atoms with Crippen molar-refractivity contribution in [1.82, 2.24) is 5.32 Å². The summed E-state index contributed by atoms with van der Waals surface area (Å²) in [6.45, 7) is 3.50. The third-order valence-corrected chi connectivity index (χ3v) is 6.21. The highest BCUT2D eigenvalue weighted by molar-refractivity contribution is 5.85. The summed E-state index contributed by atoms with van der Waals surface area (Å²) in [7, 11) is 0. The Morgan fingerprint density at radius 2 is 1.61 bits per heavy atom. The van der Waals surface area contributed by atoms with Gasteiger partial charge in [0.2, 0.25) is 11.2 Å². The Morgan fingerprint density at radius 1 is 0.951 bits per heavy atom. The van der Waals surface area contributed by atoms with Crippen molar-refractivity contribution in [3.63, 3.8) is 0 Å². The summed E-state index contributed by atoms with van der Waals surface area (Å²) < 4.78 is 62.4. The fourth-order valence-electron chi connectivity index (χ4n) is 3.85. The fraction of sp³-hybridized carbons (Fsp3) is 0.233. The third kappa shape index (κ3) is 7.24. The zero-order chi connectivity index (χ0) is 29.6. The van der Waals surface area contributed by atoms with Crippen LogP contribution in [0.4, 0.5) is 18.0 Å². The van der Waals surface area contributed by atoms with Crippen LogP contribution in [0.1, 0.15) is 31.6 Å². The highest BCUT2D eigenvalue weighted by atomic mass is 19.4. The second-order valence-electron chi connectivity index (χ2n) is 9.15. The van der Waals surface area contributed by atoms with Gasteiger partial charge in [-0.1, -0.05) is 68.8 Å². The van der Waals surface area contributed by atoms with Gasteiger partial charge in [0.25, 0.3) is 5.76 Å². The number of alkyl halides is 3. The molecule has 0 saturated heterocycles. The van der Waals surface area contributed by atoms with Gasteiger partial charge in [0.05, 0.1) is 5.39 Å². The van der Waals surface area contributed by atoms with Gasteiger partial charge in [-0.25, -0.2) is 9.59 Å². The lowest BCUT2D eigenvalue weighted by molar-refractivity contribution is -0.154. The molecular formula is C30H26F3NO7. The maximum absolute atomic E-state index is 13.8. The lowest BCUT2D eigenvalue weighted by atomic mass is 9.99. The van der Waals surface area contributed by atoms with Crippen molar-refractivity contribution in [2.24, 2.45) is 5.92 Å². The minimum atomic E-state index is -5.06. The Labute approximate surface area is 232 Å². The molecule has 0 aliphatic carbocycles. The topological polar surface area (TPSA) is 104 Å². The number of rotatable bonds is 9. The van der Waals surface area contributed by atoms with E-state index in [1.165, 1.54) is 36.4 Å². The van der Waals surface area contributed by atoms with E-state index < -0.39 is 46.8 Å². The molecule has 3 aromatic carbocycles. The summed E-state index contributed by atoms with van der Waals surface area (Å²) in [5.74, 6) is -4.08. The molecule has 0 fully saturated rings. The second-order valence-corrected chi connectivity index (χ2v) is 9.15. The Kier molecular flexibility index (Phi) is 8.96. The van der Waals surface area contributed by atoms with Gasteiger partial charge in [0, 0.05) is 6.07 Å². The molecule has 1 aromatic heterocycles. The van der Waals surface area contributed by atoms with Gasteiger partial charge >= 0.3 is 18.2 Å². The largest absolute Gasteiger partial charge is 0.453 e. The Bertz CT molecular complexity index is 1570. The van der Waals surface area contributed by atoms with Gasteiger partial charge in [0.1, 0.15) is 29.7 Å². The molecule has 1 N–H and O–H groups in total. The monoisotopic (exact) mass is 569 g/mol. The molecule has 1 amide bonds. The number of para-hydroxylation sites is 1. The number of hydrogen-bond acceptors (Lipinski definition) is 7. The predicted molar refractivity (Wildman–Crippen MR) is 143 cm³/mol. The summed E-state index contributed by atoms with van der Waals surface area (Å²) in [5, 5.41) is 2.27. The molecule has 41 heavy (non-hydrogen) atoms. The van der Waals surface area contributed by atoms with E-state index in [0.29, 0.717) is 6.42 Å². The van der Waals surface area contributed by atoms with Gasteiger partial charge in [-0.3, -0.25) is 4.79 Å². The lowest BCUT2D eigenvalue weighted by Gasteiger charge is -2.22. The zero-order valence-electron chi connectivity index (χ0n) is 22.1. The highest BCUT2D eigenvalue weighted by Crippen LogP contribution is 2.38. The van der Waals surface area contributed by atoms with Gasteiger partial charge in [-0.15, -0.1) is 0 Å². The number of benzene rings is 3. The van der Waals surface area contributed by atoms with E-state index >= 15 is 0 Å². The summed E-state index contributed by atoms with van der Waals surface area (Å²) >= 11 is 0. The Morgan fingerprint density at radius 3 is 2.24 bits per heavy atom. The van der Waals surface area contributed by atoms with Crippen molar-refractivity contribution in [3.8, 4) is 17.2 Å². The number of alkyl carbamates (subject to hydrolysis) is 1. The standard InChI is InChI=1S/C30H26F3NO7/c1-3-18(2)24(34-29(37)38-17-19-10-6-4-7-11-19)28(36)40-21-14-15-22-23(16-21)41-27(30(31,32)33)26(25(22)35)39-20-12-8-5-9-13-20/h4-16,18,24H,3,17H2,1-2H3,(H,34,37)/t18-,24+/m1/s1. The molecule has 0 radical (unpaired) electrons. The van der Waals surface area contributed by atoms with Crippen LogP contribution < -0.4 is 20.2 Å². The molecule has 0 unspecified atom stereocenters.